The molecule has 26 heteroatoms. The Morgan fingerprint density at radius 2 is 1.15 bits per heavy atom. The predicted octanol–water partition coefficient (Wildman–Crippen LogP) is 3.79. The quantitative estimate of drug-likeness (QED) is 0.0311. The summed E-state index contributed by atoms with van der Waals surface area (Å²) in [5.41, 5.74) is 15.4. The number of halogens is 1. The van der Waals surface area contributed by atoms with Crippen LogP contribution in [0.5, 0.6) is 12.0 Å². The predicted molar refractivity (Wildman–Crippen MR) is 227 cm³/mol. The number of alkyl carbamates (subject to hydrolysis) is 1. The number of anilines is 4. The maximum Gasteiger partial charge on any atom is 0.407 e. The first kappa shape index (κ1) is 57.9. The molecule has 0 atom stereocenters. The van der Waals surface area contributed by atoms with Crippen LogP contribution >= 0.6 is 0 Å². The molecule has 2 heterocycles. The smallest absolute Gasteiger partial charge is 0.407 e. The van der Waals surface area contributed by atoms with Crippen LogP contribution in [0, 0.1) is 20.2 Å². The van der Waals surface area contributed by atoms with Crippen molar-refractivity contribution in [3.05, 3.63) is 20.2 Å². The van der Waals surface area contributed by atoms with Gasteiger partial charge in [0.05, 0.1) is 36.3 Å². The van der Waals surface area contributed by atoms with Crippen molar-refractivity contribution in [3.8, 4) is 12.0 Å². The number of nitrogens with two attached hydrogens (primary N) is 3. The van der Waals surface area contributed by atoms with Gasteiger partial charge < -0.3 is 56.0 Å². The second-order valence-corrected chi connectivity index (χ2v) is 13.4. The molecule has 0 aromatic carbocycles. The highest BCUT2D eigenvalue weighted by Gasteiger charge is 2.31. The highest BCUT2D eigenvalue weighted by atomic mass is 19.3. The van der Waals surface area contributed by atoms with E-state index in [1.165, 1.54) is 9.80 Å². The number of nitrogens with one attached hydrogen (secondary N) is 1. The highest BCUT2D eigenvalue weighted by molar-refractivity contribution is 5.79. The molecule has 1 amide bonds. The van der Waals surface area contributed by atoms with Crippen molar-refractivity contribution in [1.82, 2.24) is 25.3 Å². The molecule has 62 heavy (non-hydrogen) atoms. The third-order valence-corrected chi connectivity index (χ3v) is 7.32. The molecule has 0 fully saturated rings. The molecule has 0 saturated heterocycles. The number of hydrogen-bond donors (Lipinski definition) is 5. The van der Waals surface area contributed by atoms with Crippen LogP contribution in [0.25, 0.3) is 0 Å². The molecule has 0 unspecified atom stereocenters. The van der Waals surface area contributed by atoms with Gasteiger partial charge in [0.15, 0.2) is 0 Å². The van der Waals surface area contributed by atoms with E-state index < -0.39 is 44.9 Å². The minimum Gasteiger partial charge on any atom is -0.465 e. The number of unbranched alkanes of at least 4 members (excludes halogenated alkanes) is 2. The van der Waals surface area contributed by atoms with Gasteiger partial charge >= 0.3 is 41.4 Å². The molecule has 2 aromatic heterocycles. The van der Waals surface area contributed by atoms with Crippen molar-refractivity contribution < 1.29 is 57.8 Å². The molecule has 0 spiro atoms. The van der Waals surface area contributed by atoms with E-state index in [2.05, 4.69) is 25.3 Å². The van der Waals surface area contributed by atoms with Gasteiger partial charge in [-0.15, -0.1) is 0 Å². The average molecular weight is 893 g/mol. The molecule has 0 saturated carbocycles. The lowest BCUT2D eigenvalue weighted by Crippen LogP contribution is -2.37. The molecule has 0 aliphatic heterocycles. The Hall–Kier alpha value is -6.18. The number of carbonyl (C=O) groups excluding carboxylic acids is 3. The maximum atomic E-state index is 12.2. The number of rotatable bonds is 25. The number of nitro groups is 2. The van der Waals surface area contributed by atoms with Crippen LogP contribution in [-0.2, 0) is 23.8 Å². The van der Waals surface area contributed by atoms with Crippen molar-refractivity contribution in [2.45, 2.75) is 100 Å². The zero-order chi connectivity index (χ0) is 46.5. The maximum absolute atomic E-state index is 12.2. The number of nitrogens with zero attached hydrogens (tertiary/aromatic N) is 8. The lowest BCUT2D eigenvalue weighted by molar-refractivity contribution is -0.383. The number of aromatic nitrogens is 4. The van der Waals surface area contributed by atoms with Gasteiger partial charge in [0, 0.05) is 19.6 Å². The van der Waals surface area contributed by atoms with Crippen LogP contribution < -0.4 is 41.8 Å². The molecule has 25 nitrogen and oxygen atoms in total. The summed E-state index contributed by atoms with van der Waals surface area (Å²) in [6.07, 6.45) is 3.50. The second-order valence-electron chi connectivity index (χ2n) is 13.4. The van der Waals surface area contributed by atoms with Crippen molar-refractivity contribution in [2.75, 3.05) is 87.0 Å². The third-order valence-electron chi connectivity index (χ3n) is 7.32. The fraction of sp³-hybridized carbons (Fsp3) is 0.694. The van der Waals surface area contributed by atoms with Gasteiger partial charge in [-0.1, -0.05) is 38.6 Å². The van der Waals surface area contributed by atoms with Crippen molar-refractivity contribution in [3.63, 3.8) is 0 Å². The van der Waals surface area contributed by atoms with Gasteiger partial charge in [0.25, 0.3) is 0 Å². The molecular weight excluding hydrogens is 827 g/mol. The summed E-state index contributed by atoms with van der Waals surface area (Å²) < 4.78 is 34.5. The lowest BCUT2D eigenvalue weighted by atomic mass is 10.2. The molecule has 0 radical (unpaired) electrons. The van der Waals surface area contributed by atoms with E-state index in [9.17, 15) is 34.6 Å². The van der Waals surface area contributed by atoms with Gasteiger partial charge in [-0.2, -0.15) is 19.9 Å². The molecular formula is C36H65FN12O13. The molecule has 2 aromatic rings. The normalized spacial score (nSPS) is 10.3. The average Bonchev–Trinajstić information content (AvgIpc) is 3.17. The molecule has 0 aliphatic rings. The van der Waals surface area contributed by atoms with E-state index in [1.54, 1.807) is 34.6 Å². The first-order valence-corrected chi connectivity index (χ1v) is 19.5. The molecule has 0 bridgehead atoms. The number of carbonyl (C=O) groups is 3. The largest absolute Gasteiger partial charge is 0.465 e. The SMILES string of the molecule is C.CCCCOc1nc(N)c([N+](=O)[O-])c(N(CCCN)CC(=O)OCC)n1.CCCCOc1nc(N)c([N+](=O)[O-])c(N(CCCNC(=O)OC(C)(C)C)CC(=O)OCC)n1.OF. The van der Waals surface area contributed by atoms with Crippen LogP contribution in [0.2, 0.25) is 0 Å². The van der Waals surface area contributed by atoms with Crippen LogP contribution in [0.1, 0.15) is 94.4 Å². The Morgan fingerprint density at radius 3 is 1.48 bits per heavy atom. The third kappa shape index (κ3) is 22.4. The first-order valence-electron chi connectivity index (χ1n) is 19.5. The number of amides is 1. The van der Waals surface area contributed by atoms with Crippen molar-refractivity contribution in [2.24, 2.45) is 5.73 Å². The summed E-state index contributed by atoms with van der Waals surface area (Å²) in [5.74, 6) is -2.09. The van der Waals surface area contributed by atoms with E-state index in [0.29, 0.717) is 32.6 Å². The summed E-state index contributed by atoms with van der Waals surface area (Å²) in [6.45, 7) is 13.9. The van der Waals surface area contributed by atoms with E-state index in [-0.39, 0.29) is 88.7 Å². The van der Waals surface area contributed by atoms with Gasteiger partial charge in [-0.25, -0.2) is 10.1 Å². The Kier molecular flexibility index (Phi) is 29.6. The summed E-state index contributed by atoms with van der Waals surface area (Å²) in [7, 11) is 0. The summed E-state index contributed by atoms with van der Waals surface area (Å²) >= 11 is 0. The van der Waals surface area contributed by atoms with E-state index in [0.717, 1.165) is 25.7 Å². The lowest BCUT2D eigenvalue weighted by Gasteiger charge is -2.23. The molecule has 0 aliphatic carbocycles. The molecule has 8 N–H and O–H groups in total. The first-order chi connectivity index (χ1) is 28.9. The number of nitrogen functional groups attached to an aromatic ring is 2. The Morgan fingerprint density at radius 1 is 0.742 bits per heavy atom. The second kappa shape index (κ2) is 31.7. The highest BCUT2D eigenvalue weighted by Crippen LogP contribution is 2.34. The van der Waals surface area contributed by atoms with Crippen LogP contribution in [0.3, 0.4) is 0 Å². The van der Waals surface area contributed by atoms with E-state index >= 15 is 0 Å². The van der Waals surface area contributed by atoms with Crippen LogP contribution in [0.15, 0.2) is 0 Å². The number of esters is 2. The van der Waals surface area contributed by atoms with E-state index in [4.69, 9.17) is 50.7 Å². The summed E-state index contributed by atoms with van der Waals surface area (Å²) in [5, 5.41) is 31.2. The monoisotopic (exact) mass is 892 g/mol. The Bertz CT molecular complexity index is 1670. The fourth-order valence-electron chi connectivity index (χ4n) is 4.72. The van der Waals surface area contributed by atoms with E-state index in [1.807, 2.05) is 13.8 Å². The van der Waals surface area contributed by atoms with Crippen LogP contribution in [-0.4, -0.2) is 124 Å². The topological polar surface area (TPSA) is 352 Å². The van der Waals surface area contributed by atoms with Gasteiger partial charge in [0.2, 0.25) is 23.3 Å². The van der Waals surface area contributed by atoms with Crippen molar-refractivity contribution in [1.29, 1.82) is 0 Å². The standard InChI is InChI=1S/C20H34N6O7.C15H26N6O5.CH4.FHO/c1-6-8-12-32-18-23-16(21)15(26(29)30)17(24-18)25(13-14(27)31-7-2)11-9-10-22-19(28)33-20(3,4)5;1-3-5-9-26-15-18-13(17)12(21(23)24)14(19-15)20(8-6-7-16)10-11(22)25-4-2;;1-2/h6-13H2,1-5H3,(H,22,28)(H2,21,23,24);3-10,16H2,1-2H3,(H2,17,18,19);1H4;2H. The Labute approximate surface area is 360 Å². The fourth-order valence-corrected chi connectivity index (χ4v) is 4.72. The minimum absolute atomic E-state index is 0. The minimum atomic E-state index is -0.711. The molecule has 354 valence electrons. The summed E-state index contributed by atoms with van der Waals surface area (Å²) in [4.78, 5) is 76.3. The van der Waals surface area contributed by atoms with Gasteiger partial charge in [-0.05, 0) is 66.8 Å². The van der Waals surface area contributed by atoms with Gasteiger partial charge in [0.1, 0.15) is 18.7 Å². The molecule has 2 rings (SSSR count). The zero-order valence-corrected chi connectivity index (χ0v) is 35.8. The number of hydrogen-bond acceptors (Lipinski definition) is 22. The van der Waals surface area contributed by atoms with Crippen molar-refractivity contribution >= 4 is 52.7 Å². The van der Waals surface area contributed by atoms with Gasteiger partial charge in [-0.3, -0.25) is 29.8 Å². The number of ether oxygens (including phenoxy) is 5. The zero-order valence-electron chi connectivity index (χ0n) is 35.8. The van der Waals surface area contributed by atoms with Crippen LogP contribution in [0.4, 0.5) is 44.0 Å². The Balaban J connectivity index is 0. The summed E-state index contributed by atoms with van der Waals surface area (Å²) in [6, 6.07) is -0.194.